The van der Waals surface area contributed by atoms with Crippen molar-refractivity contribution in [2.24, 2.45) is 10.8 Å². The predicted octanol–water partition coefficient (Wildman–Crippen LogP) is 5.67. The van der Waals surface area contributed by atoms with E-state index in [1.54, 1.807) is 0 Å². The second-order valence-electron chi connectivity index (χ2n) is 7.31. The molecule has 0 aromatic carbocycles. The fourth-order valence-corrected chi connectivity index (χ4v) is 4.21. The first kappa shape index (κ1) is 18.5. The van der Waals surface area contributed by atoms with E-state index in [-0.39, 0.29) is 16.6 Å². The highest BCUT2D eigenvalue weighted by Crippen LogP contribution is 2.46. The Hall–Kier alpha value is 0.410. The molecule has 0 aromatic rings. The van der Waals surface area contributed by atoms with Gasteiger partial charge in [-0.25, -0.2) is 0 Å². The molecule has 0 fully saturated rings. The lowest BCUT2D eigenvalue weighted by Crippen LogP contribution is -2.29. The molecule has 0 aliphatic carbocycles. The maximum absolute atomic E-state index is 12.8. The quantitative estimate of drug-likeness (QED) is 0.360. The first-order valence-corrected chi connectivity index (χ1v) is 9.21. The van der Waals surface area contributed by atoms with Crippen molar-refractivity contribution in [3.8, 4) is 0 Å². The van der Waals surface area contributed by atoms with E-state index < -0.39 is 0 Å². The van der Waals surface area contributed by atoms with Gasteiger partial charge < -0.3 is 4.90 Å². The van der Waals surface area contributed by atoms with Gasteiger partial charge in [0.1, 0.15) is 5.70 Å². The van der Waals surface area contributed by atoms with Crippen molar-refractivity contribution in [2.45, 2.75) is 54.9 Å². The van der Waals surface area contributed by atoms with Gasteiger partial charge in [0.2, 0.25) is 5.78 Å². The first-order chi connectivity index (χ1) is 8.92. The van der Waals surface area contributed by atoms with E-state index in [1.807, 2.05) is 0 Å². The molecule has 0 saturated heterocycles. The summed E-state index contributed by atoms with van der Waals surface area (Å²) in [5.41, 5.74) is 2.06. The number of halogens is 2. The Kier molecular flexibility index (Phi) is 5.78. The van der Waals surface area contributed by atoms with Gasteiger partial charge in [0.25, 0.3) is 0 Å². The van der Waals surface area contributed by atoms with Crippen LogP contribution in [-0.4, -0.2) is 17.2 Å². The van der Waals surface area contributed by atoms with E-state index in [0.29, 0.717) is 0 Å². The number of carbonyl (C=O) groups is 1. The lowest BCUT2D eigenvalue weighted by atomic mass is 9.91. The monoisotopic (exact) mass is 501 g/mol. The molecule has 2 nitrogen and oxygen atoms in total. The molecule has 1 heterocycles. The number of hydrogen-bond donors (Lipinski definition) is 0. The standard InChI is InChI=1S/C16H25I2NO/c1-8-9-19-11(13(18)15(2,3)4)12(20)10(17)14(19)16(5,6)7/h8-9H2,1-7H3/b13-11+. The summed E-state index contributed by atoms with van der Waals surface area (Å²) >= 11 is 4.58. The zero-order valence-electron chi connectivity index (χ0n) is 13.5. The molecular weight excluding hydrogens is 476 g/mol. The molecule has 1 aliphatic heterocycles. The Labute approximate surface area is 150 Å². The molecule has 0 amide bonds. The van der Waals surface area contributed by atoms with Gasteiger partial charge in [0, 0.05) is 21.2 Å². The van der Waals surface area contributed by atoms with Gasteiger partial charge in [0.05, 0.1) is 3.58 Å². The van der Waals surface area contributed by atoms with Crippen molar-refractivity contribution in [3.05, 3.63) is 18.6 Å². The van der Waals surface area contributed by atoms with Gasteiger partial charge in [0.15, 0.2) is 0 Å². The second kappa shape index (κ2) is 6.26. The molecule has 0 spiro atoms. The Morgan fingerprint density at radius 3 is 2.00 bits per heavy atom. The van der Waals surface area contributed by atoms with Crippen molar-refractivity contribution in [1.29, 1.82) is 0 Å². The fraction of sp³-hybridized carbons (Fsp3) is 0.688. The van der Waals surface area contributed by atoms with E-state index in [2.05, 4.69) is 98.5 Å². The van der Waals surface area contributed by atoms with Crippen molar-refractivity contribution >= 4 is 51.0 Å². The summed E-state index contributed by atoms with van der Waals surface area (Å²) in [6.45, 7) is 16.1. The SMILES string of the molecule is CCCN1C(C(C)(C)C)=C(I)C(=O)/C1=C(\I)C(C)(C)C. The number of Topliss-reactive ketones (excluding diaryl/α,β-unsaturated/α-hetero) is 1. The number of ketones is 1. The van der Waals surface area contributed by atoms with Crippen LogP contribution in [0.3, 0.4) is 0 Å². The van der Waals surface area contributed by atoms with Gasteiger partial charge in [-0.15, -0.1) is 0 Å². The van der Waals surface area contributed by atoms with Gasteiger partial charge in [-0.1, -0.05) is 48.5 Å². The third-order valence-corrected chi connectivity index (χ3v) is 6.32. The van der Waals surface area contributed by atoms with Crippen molar-refractivity contribution in [2.75, 3.05) is 6.54 Å². The van der Waals surface area contributed by atoms with Crippen LogP contribution >= 0.6 is 45.2 Å². The van der Waals surface area contributed by atoms with Gasteiger partial charge in [-0.05, 0) is 57.0 Å². The summed E-state index contributed by atoms with van der Waals surface area (Å²) in [6, 6.07) is 0. The summed E-state index contributed by atoms with van der Waals surface area (Å²) in [6.07, 6.45) is 1.04. The van der Waals surface area contributed by atoms with Crippen LogP contribution in [0.25, 0.3) is 0 Å². The first-order valence-electron chi connectivity index (χ1n) is 7.05. The van der Waals surface area contributed by atoms with Gasteiger partial charge in [-0.2, -0.15) is 0 Å². The van der Waals surface area contributed by atoms with Crippen LogP contribution in [-0.2, 0) is 4.79 Å². The average Bonchev–Trinajstić information content (AvgIpc) is 2.49. The highest BCUT2D eigenvalue weighted by atomic mass is 127. The van der Waals surface area contributed by atoms with E-state index >= 15 is 0 Å². The highest BCUT2D eigenvalue weighted by molar-refractivity contribution is 14.1. The predicted molar refractivity (Wildman–Crippen MR) is 103 cm³/mol. The Morgan fingerprint density at radius 2 is 1.65 bits per heavy atom. The van der Waals surface area contributed by atoms with E-state index in [4.69, 9.17) is 0 Å². The summed E-state index contributed by atoms with van der Waals surface area (Å²) in [7, 11) is 0. The van der Waals surface area contributed by atoms with E-state index in [0.717, 1.165) is 25.8 Å². The zero-order chi connectivity index (χ0) is 15.9. The number of allylic oxidation sites excluding steroid dienone is 3. The molecule has 1 aliphatic rings. The molecule has 0 aromatic heterocycles. The lowest BCUT2D eigenvalue weighted by molar-refractivity contribution is -0.111. The van der Waals surface area contributed by atoms with Gasteiger partial charge in [-0.3, -0.25) is 4.79 Å². The fourth-order valence-electron chi connectivity index (χ4n) is 2.32. The van der Waals surface area contributed by atoms with Crippen LogP contribution in [0.15, 0.2) is 18.6 Å². The van der Waals surface area contributed by atoms with Crippen LogP contribution in [0.1, 0.15) is 54.9 Å². The third kappa shape index (κ3) is 3.59. The van der Waals surface area contributed by atoms with Crippen LogP contribution in [0.2, 0.25) is 0 Å². The topological polar surface area (TPSA) is 20.3 Å². The molecule has 0 N–H and O–H groups in total. The second-order valence-corrected chi connectivity index (χ2v) is 9.46. The van der Waals surface area contributed by atoms with Crippen LogP contribution < -0.4 is 0 Å². The normalized spacial score (nSPS) is 20.1. The summed E-state index contributed by atoms with van der Waals surface area (Å²) in [5, 5.41) is 0. The maximum atomic E-state index is 12.8. The van der Waals surface area contributed by atoms with E-state index in [9.17, 15) is 4.79 Å². The summed E-state index contributed by atoms with van der Waals surface area (Å²) in [5.74, 6) is 0.198. The molecule has 0 unspecified atom stereocenters. The molecule has 0 saturated carbocycles. The molecule has 4 heteroatoms. The van der Waals surface area contributed by atoms with Crippen LogP contribution in [0, 0.1) is 10.8 Å². The highest BCUT2D eigenvalue weighted by Gasteiger charge is 2.41. The Bertz CT molecular complexity index is 476. The van der Waals surface area contributed by atoms with Crippen LogP contribution in [0.5, 0.6) is 0 Å². The average molecular weight is 501 g/mol. The number of nitrogens with zero attached hydrogens (tertiary/aromatic N) is 1. The molecule has 20 heavy (non-hydrogen) atoms. The van der Waals surface area contributed by atoms with Gasteiger partial charge >= 0.3 is 0 Å². The molecular formula is C16H25I2NO. The Balaban J connectivity index is 3.50. The minimum Gasteiger partial charge on any atom is -0.340 e. The minimum atomic E-state index is -0.0160. The van der Waals surface area contributed by atoms with E-state index in [1.165, 1.54) is 5.70 Å². The number of carbonyl (C=O) groups excluding carboxylic acids is 1. The maximum Gasteiger partial charge on any atom is 0.218 e. The summed E-state index contributed by atoms with van der Waals surface area (Å²) in [4.78, 5) is 15.0. The largest absolute Gasteiger partial charge is 0.340 e. The van der Waals surface area contributed by atoms with Crippen molar-refractivity contribution in [3.63, 3.8) is 0 Å². The lowest BCUT2D eigenvalue weighted by Gasteiger charge is -2.33. The zero-order valence-corrected chi connectivity index (χ0v) is 17.8. The minimum absolute atomic E-state index is 0.00178. The van der Waals surface area contributed by atoms with Crippen molar-refractivity contribution in [1.82, 2.24) is 4.90 Å². The Morgan fingerprint density at radius 1 is 1.15 bits per heavy atom. The molecule has 0 radical (unpaired) electrons. The number of hydrogen-bond acceptors (Lipinski definition) is 2. The molecule has 0 bridgehead atoms. The molecule has 1 rings (SSSR count). The van der Waals surface area contributed by atoms with Crippen LogP contribution in [0.4, 0.5) is 0 Å². The number of rotatable bonds is 2. The summed E-state index contributed by atoms with van der Waals surface area (Å²) < 4.78 is 2.04. The molecule has 0 atom stereocenters. The smallest absolute Gasteiger partial charge is 0.218 e. The van der Waals surface area contributed by atoms with Crippen molar-refractivity contribution < 1.29 is 4.79 Å². The third-order valence-electron chi connectivity index (χ3n) is 3.19. The molecule has 114 valence electrons.